The van der Waals surface area contributed by atoms with Crippen molar-refractivity contribution in [1.29, 1.82) is 0 Å². The molecule has 0 amide bonds. The van der Waals surface area contributed by atoms with Crippen molar-refractivity contribution in [3.05, 3.63) is 0 Å². The van der Waals surface area contributed by atoms with Gasteiger partial charge in [0.15, 0.2) is 0 Å². The van der Waals surface area contributed by atoms with Gasteiger partial charge in [-0.1, -0.05) is 0 Å². The van der Waals surface area contributed by atoms with Gasteiger partial charge in [0, 0.05) is 0 Å². The van der Waals surface area contributed by atoms with E-state index >= 15 is 0 Å². The zero-order valence-electron chi connectivity index (χ0n) is 10.8. The Morgan fingerprint density at radius 2 is 0.571 bits per heavy atom. The molecule has 0 aromatic heterocycles. The zero-order valence-corrected chi connectivity index (χ0v) is 23.9. The second kappa shape index (κ2) is 13.3. The second-order valence-corrected chi connectivity index (χ2v) is 73.8. The van der Waals surface area contributed by atoms with Crippen LogP contribution in [0.4, 0.5) is 0 Å². The van der Waals surface area contributed by atoms with Crippen molar-refractivity contribution in [3.63, 3.8) is 0 Å². The second-order valence-electron chi connectivity index (χ2n) is 3.84. The van der Waals surface area contributed by atoms with Gasteiger partial charge in [0.2, 0.25) is 0 Å². The van der Waals surface area contributed by atoms with E-state index in [1.165, 1.54) is 0 Å². The van der Waals surface area contributed by atoms with Gasteiger partial charge in [0.1, 0.15) is 0 Å². The molecule has 0 unspecified atom stereocenters. The Hall–Kier alpha value is 3.89. The number of rotatable bonds is 4. The molecule has 0 heterocycles. The number of hydrogen-bond acceptors (Lipinski definition) is 2. The van der Waals surface area contributed by atoms with Crippen LogP contribution in [0.2, 0.25) is 39.5 Å². The Bertz CT molecular complexity index is 91.9. The molecule has 4 radical (unpaired) electrons. The Morgan fingerprint density at radius 3 is 0.571 bits per heavy atom. The van der Waals surface area contributed by atoms with Gasteiger partial charge < -0.3 is 0 Å². The van der Waals surface area contributed by atoms with Gasteiger partial charge in [-0.15, -0.1) is 0 Å². The van der Waals surface area contributed by atoms with Gasteiger partial charge in [0.25, 0.3) is 0 Å². The average Bonchev–Trinajstić information content (AvgIpc) is 1.79. The van der Waals surface area contributed by atoms with Gasteiger partial charge in [-0.3, -0.25) is 0 Å². The predicted molar refractivity (Wildman–Crippen MR) is 85.1 cm³/mol. The molecule has 0 atom stereocenters. The van der Waals surface area contributed by atoms with E-state index in [2.05, 4.69) is 51.8 Å². The van der Waals surface area contributed by atoms with Crippen LogP contribution in [-0.4, -0.2) is 73.5 Å². The van der Waals surface area contributed by atoms with Crippen molar-refractivity contribution >= 4 is 85.8 Å². The van der Waals surface area contributed by atoms with Crippen molar-refractivity contribution in [2.45, 2.75) is 39.5 Å². The molecule has 84 valence electrons. The first-order valence-electron chi connectivity index (χ1n) is 4.82. The molecule has 0 aromatic carbocycles. The van der Waals surface area contributed by atoms with Crippen LogP contribution in [0.1, 0.15) is 0 Å². The van der Waals surface area contributed by atoms with Crippen molar-refractivity contribution in [2.75, 3.05) is 0 Å². The fraction of sp³-hybridized carbons (Fsp3) is 1.00. The molecule has 0 N–H and O–H groups in total. The summed E-state index contributed by atoms with van der Waals surface area (Å²) >= 11 is -2.73. The minimum atomic E-state index is -0.683. The average molecular weight is 659 g/mol. The first kappa shape index (κ1) is 20.2. The van der Waals surface area contributed by atoms with E-state index in [9.17, 15) is 0 Å². The third kappa shape index (κ3) is 24.9. The standard InChI is InChI=1S/8CH3.2S.4Sn/h8*1H3;;;;;;. The van der Waals surface area contributed by atoms with Crippen LogP contribution < -0.4 is 0 Å². The Labute approximate surface area is 122 Å². The van der Waals surface area contributed by atoms with Crippen molar-refractivity contribution in [1.82, 2.24) is 0 Å². The van der Waals surface area contributed by atoms with Crippen molar-refractivity contribution < 1.29 is 0 Å². The van der Waals surface area contributed by atoms with Gasteiger partial charge in [0.05, 0.1) is 0 Å². The molecule has 0 aliphatic carbocycles. The maximum atomic E-state index is 2.47. The molecule has 0 rings (SSSR count). The molecule has 0 fully saturated rings. The summed E-state index contributed by atoms with van der Waals surface area (Å²) in [5.74, 6) is 0. The molecule has 14 heavy (non-hydrogen) atoms. The van der Waals surface area contributed by atoms with Gasteiger partial charge >= 0.3 is 125 Å². The molecule has 0 bridgehead atoms. The molecular weight excluding hydrogens is 635 g/mol. The molecule has 0 aromatic rings. The molecule has 0 saturated heterocycles. The normalized spacial score (nSPS) is 11.1. The molecule has 0 saturated carbocycles. The molecular formula is C8H24S2Sn4. The van der Waals surface area contributed by atoms with Crippen LogP contribution >= 0.6 is 12.3 Å². The summed E-state index contributed by atoms with van der Waals surface area (Å²) in [6.45, 7) is 0. The van der Waals surface area contributed by atoms with Crippen LogP contribution in [0, 0.1) is 0 Å². The first-order chi connectivity index (χ1) is 6.25. The Morgan fingerprint density at radius 1 is 0.429 bits per heavy atom. The summed E-state index contributed by atoms with van der Waals surface area (Å²) in [6.07, 6.45) is 4.81. The summed E-state index contributed by atoms with van der Waals surface area (Å²) < 4.78 is 0. The van der Waals surface area contributed by atoms with E-state index in [1.807, 2.05) is 0 Å². The third-order valence-corrected chi connectivity index (χ3v) is 110. The summed E-state index contributed by atoms with van der Waals surface area (Å²) in [7, 11) is 0. The van der Waals surface area contributed by atoms with E-state index in [-0.39, 0.29) is 0 Å². The van der Waals surface area contributed by atoms with Gasteiger partial charge in [-0.05, 0) is 0 Å². The fourth-order valence-corrected chi connectivity index (χ4v) is 110. The molecule has 0 nitrogen and oxygen atoms in total. The van der Waals surface area contributed by atoms with Crippen LogP contribution in [0.3, 0.4) is 0 Å². The van der Waals surface area contributed by atoms with Gasteiger partial charge in [-0.25, -0.2) is 0 Å². The Balaban J connectivity index is 0. The fourth-order valence-electron chi connectivity index (χ4n) is 0.816. The van der Waals surface area contributed by atoms with Gasteiger partial charge in [-0.2, -0.15) is 0 Å². The topological polar surface area (TPSA) is 0 Å². The molecule has 6 heteroatoms. The van der Waals surface area contributed by atoms with E-state index < -0.39 is 73.5 Å². The molecule has 0 aliphatic rings. The summed E-state index contributed by atoms with van der Waals surface area (Å²) in [5, 5.41) is 0. The van der Waals surface area contributed by atoms with E-state index in [4.69, 9.17) is 0 Å². The summed E-state index contributed by atoms with van der Waals surface area (Å²) in [6, 6.07) is 0. The number of hydrogen-bond donors (Lipinski definition) is 0. The maximum absolute atomic E-state index is 2.47. The van der Waals surface area contributed by atoms with E-state index in [0.717, 1.165) is 0 Å². The monoisotopic (exact) mass is 664 g/mol. The SMILES string of the molecule is [CH3][Sn]([CH3])[S][Sn]([CH3])[CH3].[CH3][Sn]([CH3])[S][Sn]([CH3])[CH3]. The van der Waals surface area contributed by atoms with Crippen LogP contribution in [0.5, 0.6) is 0 Å². The molecule has 0 spiro atoms. The predicted octanol–water partition coefficient (Wildman–Crippen LogP) is 4.44. The molecule has 0 aliphatic heterocycles. The van der Waals surface area contributed by atoms with Crippen LogP contribution in [0.25, 0.3) is 0 Å². The zero-order chi connectivity index (χ0) is 11.7. The quantitative estimate of drug-likeness (QED) is 0.410. The van der Waals surface area contributed by atoms with Crippen LogP contribution in [-0.2, 0) is 0 Å². The first-order valence-corrected chi connectivity index (χ1v) is 43.3. The minimum absolute atomic E-state index is 0.683. The van der Waals surface area contributed by atoms with Crippen LogP contribution in [0.15, 0.2) is 0 Å². The summed E-state index contributed by atoms with van der Waals surface area (Å²) in [4.78, 5) is 19.8. The van der Waals surface area contributed by atoms with E-state index in [1.54, 1.807) is 0 Å². The third-order valence-electron chi connectivity index (χ3n) is 0.816. The van der Waals surface area contributed by atoms with Crippen molar-refractivity contribution in [2.24, 2.45) is 0 Å². The Kier molecular flexibility index (Phi) is 19.2. The summed E-state index contributed by atoms with van der Waals surface area (Å²) in [5.41, 5.74) is 0. The van der Waals surface area contributed by atoms with Crippen molar-refractivity contribution in [3.8, 4) is 0 Å². The van der Waals surface area contributed by atoms with E-state index in [0.29, 0.717) is 0 Å².